The van der Waals surface area contributed by atoms with Crippen LogP contribution in [0.1, 0.15) is 45.4 Å². The fourth-order valence-corrected chi connectivity index (χ4v) is 2.80. The molecule has 2 aliphatic carbocycles. The van der Waals surface area contributed by atoms with Gasteiger partial charge in [0.15, 0.2) is 0 Å². The maximum Gasteiger partial charge on any atom is 0.0782 e. The van der Waals surface area contributed by atoms with Gasteiger partial charge in [-0.15, -0.1) is 0 Å². The molecule has 0 atom stereocenters. The van der Waals surface area contributed by atoms with E-state index in [-0.39, 0.29) is 5.60 Å². The highest BCUT2D eigenvalue weighted by Gasteiger charge is 2.39. The molecule has 0 N–H and O–H groups in total. The van der Waals surface area contributed by atoms with E-state index in [1.54, 1.807) is 0 Å². The highest BCUT2D eigenvalue weighted by atomic mass is 79.9. The SMILES string of the molecule is CC1CCC(CBr)(OC2CC2)CC1. The van der Waals surface area contributed by atoms with E-state index in [1.165, 1.54) is 38.5 Å². The Morgan fingerprint density at radius 3 is 2.31 bits per heavy atom. The highest BCUT2D eigenvalue weighted by molar-refractivity contribution is 9.09. The van der Waals surface area contributed by atoms with Crippen molar-refractivity contribution in [1.82, 2.24) is 0 Å². The number of hydrogen-bond donors (Lipinski definition) is 0. The third-order valence-electron chi connectivity index (χ3n) is 3.37. The molecule has 1 nitrogen and oxygen atoms in total. The van der Waals surface area contributed by atoms with Gasteiger partial charge < -0.3 is 4.74 Å². The van der Waals surface area contributed by atoms with Crippen molar-refractivity contribution in [3.05, 3.63) is 0 Å². The van der Waals surface area contributed by atoms with Gasteiger partial charge in [0.2, 0.25) is 0 Å². The lowest BCUT2D eigenvalue weighted by Gasteiger charge is -2.38. The predicted molar refractivity (Wildman–Crippen MR) is 58.3 cm³/mol. The third-order valence-corrected chi connectivity index (χ3v) is 4.39. The van der Waals surface area contributed by atoms with Gasteiger partial charge in [-0.25, -0.2) is 0 Å². The summed E-state index contributed by atoms with van der Waals surface area (Å²) < 4.78 is 6.14. The van der Waals surface area contributed by atoms with Crippen molar-refractivity contribution in [2.45, 2.75) is 57.2 Å². The Balaban J connectivity index is 1.89. The minimum atomic E-state index is 0.202. The predicted octanol–water partition coefficient (Wildman–Crippen LogP) is 3.51. The Morgan fingerprint density at radius 2 is 1.85 bits per heavy atom. The molecule has 0 aromatic rings. The van der Waals surface area contributed by atoms with E-state index in [9.17, 15) is 0 Å². The molecule has 0 radical (unpaired) electrons. The van der Waals surface area contributed by atoms with E-state index in [2.05, 4.69) is 22.9 Å². The van der Waals surface area contributed by atoms with E-state index >= 15 is 0 Å². The maximum absolute atomic E-state index is 6.14. The molecule has 0 amide bonds. The fraction of sp³-hybridized carbons (Fsp3) is 1.00. The number of alkyl halides is 1. The molecule has 2 saturated carbocycles. The van der Waals surface area contributed by atoms with Gasteiger partial charge in [0.1, 0.15) is 0 Å². The molecule has 0 bridgehead atoms. The van der Waals surface area contributed by atoms with Gasteiger partial charge in [-0.1, -0.05) is 22.9 Å². The monoisotopic (exact) mass is 246 g/mol. The van der Waals surface area contributed by atoms with Crippen LogP contribution in [0.5, 0.6) is 0 Å². The summed E-state index contributed by atoms with van der Waals surface area (Å²) in [6.07, 6.45) is 8.41. The Morgan fingerprint density at radius 1 is 1.23 bits per heavy atom. The minimum Gasteiger partial charge on any atom is -0.371 e. The van der Waals surface area contributed by atoms with Crippen LogP contribution in [-0.4, -0.2) is 17.0 Å². The van der Waals surface area contributed by atoms with Gasteiger partial charge >= 0.3 is 0 Å². The van der Waals surface area contributed by atoms with E-state index in [0.717, 1.165) is 11.2 Å². The zero-order valence-electron chi connectivity index (χ0n) is 8.39. The number of ether oxygens (including phenoxy) is 1. The molecule has 0 aromatic carbocycles. The minimum absolute atomic E-state index is 0.202. The lowest BCUT2D eigenvalue weighted by molar-refractivity contribution is -0.0687. The fourth-order valence-electron chi connectivity index (χ4n) is 2.11. The molecule has 2 rings (SSSR count). The summed E-state index contributed by atoms with van der Waals surface area (Å²) in [7, 11) is 0. The van der Waals surface area contributed by atoms with Crippen LogP contribution in [-0.2, 0) is 4.74 Å². The second-order valence-electron chi connectivity index (χ2n) is 4.82. The van der Waals surface area contributed by atoms with Crippen molar-refractivity contribution in [3.8, 4) is 0 Å². The Labute approximate surface area is 89.4 Å². The lowest BCUT2D eigenvalue weighted by Crippen LogP contribution is -2.39. The van der Waals surface area contributed by atoms with Crippen LogP contribution in [0.4, 0.5) is 0 Å². The summed E-state index contributed by atoms with van der Waals surface area (Å²) in [5.41, 5.74) is 0.202. The smallest absolute Gasteiger partial charge is 0.0782 e. The summed E-state index contributed by atoms with van der Waals surface area (Å²) in [4.78, 5) is 0. The van der Waals surface area contributed by atoms with Gasteiger partial charge in [0.25, 0.3) is 0 Å². The van der Waals surface area contributed by atoms with Gasteiger partial charge in [0.05, 0.1) is 11.7 Å². The van der Waals surface area contributed by atoms with Crippen molar-refractivity contribution in [3.63, 3.8) is 0 Å². The lowest BCUT2D eigenvalue weighted by atomic mass is 9.80. The number of halogens is 1. The van der Waals surface area contributed by atoms with Gasteiger partial charge in [-0.3, -0.25) is 0 Å². The Hall–Kier alpha value is 0.440. The average molecular weight is 247 g/mol. The van der Waals surface area contributed by atoms with Crippen LogP contribution >= 0.6 is 15.9 Å². The average Bonchev–Trinajstić information content (AvgIpc) is 2.94. The third kappa shape index (κ3) is 2.47. The zero-order valence-corrected chi connectivity index (χ0v) is 9.98. The zero-order chi connectivity index (χ0) is 9.31. The number of rotatable bonds is 3. The van der Waals surface area contributed by atoms with Crippen LogP contribution in [0.2, 0.25) is 0 Å². The van der Waals surface area contributed by atoms with Crippen molar-refractivity contribution in [1.29, 1.82) is 0 Å². The molecule has 0 aliphatic heterocycles. The van der Waals surface area contributed by atoms with Crippen molar-refractivity contribution in [2.75, 3.05) is 5.33 Å². The van der Waals surface area contributed by atoms with E-state index in [1.807, 2.05) is 0 Å². The maximum atomic E-state index is 6.14. The molecular formula is C11H19BrO. The van der Waals surface area contributed by atoms with Crippen LogP contribution in [0, 0.1) is 5.92 Å². The van der Waals surface area contributed by atoms with Crippen LogP contribution in [0.25, 0.3) is 0 Å². The standard InChI is InChI=1S/C11H19BrO/c1-9-4-6-11(8-12,7-5-9)13-10-2-3-10/h9-10H,2-8H2,1H3. The molecule has 0 heterocycles. The molecule has 2 aliphatic rings. The van der Waals surface area contributed by atoms with Crippen LogP contribution in [0.15, 0.2) is 0 Å². The largest absolute Gasteiger partial charge is 0.371 e. The molecule has 2 heteroatoms. The first kappa shape index (κ1) is 9.97. The second-order valence-corrected chi connectivity index (χ2v) is 5.38. The summed E-state index contributed by atoms with van der Waals surface area (Å²) in [5.74, 6) is 0.912. The molecule has 0 aromatic heterocycles. The Kier molecular flexibility index (Phi) is 2.99. The summed E-state index contributed by atoms with van der Waals surface area (Å²) in [6, 6.07) is 0. The topological polar surface area (TPSA) is 9.23 Å². The second kappa shape index (κ2) is 3.90. The summed E-state index contributed by atoms with van der Waals surface area (Å²) >= 11 is 3.62. The highest BCUT2D eigenvalue weighted by Crippen LogP contribution is 2.40. The van der Waals surface area contributed by atoms with E-state index < -0.39 is 0 Å². The van der Waals surface area contributed by atoms with Gasteiger partial charge in [-0.05, 0) is 44.4 Å². The quantitative estimate of drug-likeness (QED) is 0.693. The Bertz CT molecular complexity index is 169. The molecule has 2 fully saturated rings. The first-order chi connectivity index (χ1) is 6.24. The number of hydrogen-bond acceptors (Lipinski definition) is 1. The molecule has 0 spiro atoms. The molecular weight excluding hydrogens is 228 g/mol. The first-order valence-electron chi connectivity index (χ1n) is 5.48. The summed E-state index contributed by atoms with van der Waals surface area (Å²) in [6.45, 7) is 2.36. The van der Waals surface area contributed by atoms with Crippen molar-refractivity contribution in [2.24, 2.45) is 5.92 Å². The first-order valence-corrected chi connectivity index (χ1v) is 6.60. The molecule has 13 heavy (non-hydrogen) atoms. The summed E-state index contributed by atoms with van der Waals surface area (Å²) in [5, 5.41) is 1.03. The normalized spacial score (nSPS) is 40.6. The van der Waals surface area contributed by atoms with Crippen molar-refractivity contribution < 1.29 is 4.74 Å². The van der Waals surface area contributed by atoms with E-state index in [4.69, 9.17) is 4.74 Å². The molecule has 0 unspecified atom stereocenters. The van der Waals surface area contributed by atoms with E-state index in [0.29, 0.717) is 6.10 Å². The van der Waals surface area contributed by atoms with Crippen LogP contribution in [0.3, 0.4) is 0 Å². The molecule has 0 saturated heterocycles. The van der Waals surface area contributed by atoms with Gasteiger partial charge in [0, 0.05) is 5.33 Å². The van der Waals surface area contributed by atoms with Crippen molar-refractivity contribution >= 4 is 15.9 Å². The van der Waals surface area contributed by atoms with Crippen LogP contribution < -0.4 is 0 Å². The molecule has 76 valence electrons. The van der Waals surface area contributed by atoms with Gasteiger partial charge in [-0.2, -0.15) is 0 Å².